The van der Waals surface area contributed by atoms with Gasteiger partial charge >= 0.3 is 0 Å². The molecule has 0 fully saturated rings. The van der Waals surface area contributed by atoms with Gasteiger partial charge in [0.05, 0.1) is 12.8 Å². The van der Waals surface area contributed by atoms with Crippen LogP contribution in [0.1, 0.15) is 11.1 Å². The molecule has 4 N–H and O–H groups in total. The summed E-state index contributed by atoms with van der Waals surface area (Å²) in [5, 5.41) is 17.7. The first-order valence-electron chi connectivity index (χ1n) is 8.82. The molecule has 28 heavy (non-hydrogen) atoms. The SMILES string of the molecule is COc1ccc(N)cc1Nc1nc2ccc(-c3cc(C)c(O)c(C)c3)cn2n1. The lowest BCUT2D eigenvalue weighted by Crippen LogP contribution is -1.98. The van der Waals surface area contributed by atoms with E-state index in [9.17, 15) is 5.11 Å². The lowest BCUT2D eigenvalue weighted by molar-refractivity contribution is 0.417. The Kier molecular flexibility index (Phi) is 4.27. The highest BCUT2D eigenvalue weighted by molar-refractivity contribution is 5.70. The second-order valence-corrected chi connectivity index (χ2v) is 6.70. The third kappa shape index (κ3) is 3.18. The highest BCUT2D eigenvalue weighted by Gasteiger charge is 2.10. The van der Waals surface area contributed by atoms with Gasteiger partial charge in [0, 0.05) is 17.4 Å². The van der Waals surface area contributed by atoms with E-state index in [1.807, 2.05) is 44.3 Å². The van der Waals surface area contributed by atoms with E-state index in [1.54, 1.807) is 29.8 Å². The van der Waals surface area contributed by atoms with Gasteiger partial charge in [-0.3, -0.25) is 0 Å². The number of aromatic nitrogens is 3. The minimum absolute atomic E-state index is 0.327. The zero-order chi connectivity index (χ0) is 19.8. The van der Waals surface area contributed by atoms with Crippen LogP contribution in [-0.2, 0) is 0 Å². The van der Waals surface area contributed by atoms with Gasteiger partial charge in [-0.25, -0.2) is 4.52 Å². The van der Waals surface area contributed by atoms with Gasteiger partial charge < -0.3 is 20.9 Å². The Hall–Kier alpha value is -3.74. The number of nitrogens with zero attached hydrogens (tertiary/aromatic N) is 3. The molecule has 0 aliphatic heterocycles. The Labute approximate surface area is 162 Å². The summed E-state index contributed by atoms with van der Waals surface area (Å²) in [5.74, 6) is 1.43. The van der Waals surface area contributed by atoms with Crippen LogP contribution in [0.4, 0.5) is 17.3 Å². The molecule has 0 radical (unpaired) electrons. The number of anilines is 3. The number of nitrogens with two attached hydrogens (primary N) is 1. The average Bonchev–Trinajstić information content (AvgIpc) is 3.07. The third-order valence-electron chi connectivity index (χ3n) is 4.63. The lowest BCUT2D eigenvalue weighted by atomic mass is 10.0. The highest BCUT2D eigenvalue weighted by atomic mass is 16.5. The van der Waals surface area contributed by atoms with Crippen molar-refractivity contribution in [3.63, 3.8) is 0 Å². The molecule has 0 unspecified atom stereocenters. The summed E-state index contributed by atoms with van der Waals surface area (Å²) in [6.45, 7) is 3.78. The van der Waals surface area contributed by atoms with Crippen LogP contribution in [0, 0.1) is 13.8 Å². The molecule has 0 saturated carbocycles. The summed E-state index contributed by atoms with van der Waals surface area (Å²) in [7, 11) is 1.60. The predicted octanol–water partition coefficient (Wildman–Crippen LogP) is 4.05. The first kappa shape index (κ1) is 17.7. The summed E-state index contributed by atoms with van der Waals surface area (Å²) in [6.07, 6.45) is 1.91. The zero-order valence-electron chi connectivity index (χ0n) is 15.9. The van der Waals surface area contributed by atoms with Gasteiger partial charge in [-0.15, -0.1) is 5.10 Å². The molecule has 0 amide bonds. The zero-order valence-corrected chi connectivity index (χ0v) is 15.9. The Balaban J connectivity index is 1.70. The van der Waals surface area contributed by atoms with Crippen LogP contribution in [0.3, 0.4) is 0 Å². The van der Waals surface area contributed by atoms with E-state index in [-0.39, 0.29) is 0 Å². The maximum atomic E-state index is 10.0. The summed E-state index contributed by atoms with van der Waals surface area (Å²) < 4.78 is 7.07. The van der Waals surface area contributed by atoms with Crippen LogP contribution in [0.5, 0.6) is 11.5 Å². The van der Waals surface area contributed by atoms with Crippen molar-refractivity contribution >= 4 is 23.0 Å². The van der Waals surface area contributed by atoms with Gasteiger partial charge in [0.15, 0.2) is 5.65 Å². The van der Waals surface area contributed by atoms with Crippen LogP contribution in [-0.4, -0.2) is 26.8 Å². The van der Waals surface area contributed by atoms with Crippen molar-refractivity contribution in [2.45, 2.75) is 13.8 Å². The highest BCUT2D eigenvalue weighted by Crippen LogP contribution is 2.30. The molecule has 0 bridgehead atoms. The molecule has 0 saturated heterocycles. The third-order valence-corrected chi connectivity index (χ3v) is 4.63. The Bertz CT molecular complexity index is 1160. The largest absolute Gasteiger partial charge is 0.507 e. The Morgan fingerprint density at radius 3 is 2.50 bits per heavy atom. The number of nitrogen functional groups attached to an aromatic ring is 1. The van der Waals surface area contributed by atoms with Crippen molar-refractivity contribution in [3.05, 3.63) is 59.8 Å². The fourth-order valence-corrected chi connectivity index (χ4v) is 3.17. The number of ether oxygens (including phenoxy) is 1. The molecule has 4 aromatic rings. The minimum atomic E-state index is 0.327. The number of pyridine rings is 1. The number of hydrogen-bond acceptors (Lipinski definition) is 6. The summed E-state index contributed by atoms with van der Waals surface area (Å²) in [6, 6.07) is 13.1. The van der Waals surface area contributed by atoms with Gasteiger partial charge in [-0.2, -0.15) is 4.98 Å². The van der Waals surface area contributed by atoms with Crippen LogP contribution >= 0.6 is 0 Å². The standard InChI is InChI=1S/C21H21N5O2/c1-12-8-15(9-13(2)20(12)27)14-4-7-19-24-21(25-26(19)11-14)23-17-10-16(22)5-6-18(17)28-3/h4-11,27H,22H2,1-3H3,(H,23,25). The molecule has 0 aliphatic rings. The van der Waals surface area contributed by atoms with Crippen LogP contribution in [0.15, 0.2) is 48.7 Å². The molecule has 142 valence electrons. The van der Waals surface area contributed by atoms with Crippen molar-refractivity contribution in [2.24, 2.45) is 0 Å². The van der Waals surface area contributed by atoms with E-state index >= 15 is 0 Å². The van der Waals surface area contributed by atoms with Crippen molar-refractivity contribution in [3.8, 4) is 22.6 Å². The number of aromatic hydroxyl groups is 1. The van der Waals surface area contributed by atoms with E-state index in [4.69, 9.17) is 10.5 Å². The lowest BCUT2D eigenvalue weighted by Gasteiger charge is -2.09. The van der Waals surface area contributed by atoms with E-state index in [0.717, 1.165) is 22.3 Å². The van der Waals surface area contributed by atoms with Gasteiger partial charge in [-0.1, -0.05) is 0 Å². The first-order valence-corrected chi connectivity index (χ1v) is 8.82. The van der Waals surface area contributed by atoms with Crippen molar-refractivity contribution in [1.29, 1.82) is 0 Å². The first-order chi connectivity index (χ1) is 13.4. The quantitative estimate of drug-likeness (QED) is 0.466. The second-order valence-electron chi connectivity index (χ2n) is 6.70. The molecule has 0 aliphatic carbocycles. The van der Waals surface area contributed by atoms with Crippen LogP contribution < -0.4 is 15.8 Å². The maximum Gasteiger partial charge on any atom is 0.247 e. The fourth-order valence-electron chi connectivity index (χ4n) is 3.17. The normalized spacial score (nSPS) is 11.0. The molecule has 2 aromatic heterocycles. The predicted molar refractivity (Wildman–Crippen MR) is 110 cm³/mol. The van der Waals surface area contributed by atoms with Gasteiger partial charge in [0.1, 0.15) is 11.5 Å². The fraction of sp³-hybridized carbons (Fsp3) is 0.143. The number of nitrogens with one attached hydrogen (secondary N) is 1. The number of benzene rings is 2. The van der Waals surface area contributed by atoms with E-state index in [0.29, 0.717) is 34.5 Å². The number of hydrogen-bond donors (Lipinski definition) is 3. The number of phenols is 1. The van der Waals surface area contributed by atoms with Gasteiger partial charge in [0.25, 0.3) is 0 Å². The molecular weight excluding hydrogens is 354 g/mol. The minimum Gasteiger partial charge on any atom is -0.507 e. The smallest absolute Gasteiger partial charge is 0.247 e. The average molecular weight is 375 g/mol. The topological polar surface area (TPSA) is 97.7 Å². The monoisotopic (exact) mass is 375 g/mol. The summed E-state index contributed by atoms with van der Waals surface area (Å²) >= 11 is 0. The molecule has 4 rings (SSSR count). The molecule has 0 spiro atoms. The summed E-state index contributed by atoms with van der Waals surface area (Å²) in [5.41, 5.74) is 11.6. The number of methoxy groups -OCH3 is 1. The van der Waals surface area contributed by atoms with E-state index in [1.165, 1.54) is 0 Å². The number of phenolic OH excluding ortho intramolecular Hbond substituents is 1. The van der Waals surface area contributed by atoms with E-state index in [2.05, 4.69) is 15.4 Å². The van der Waals surface area contributed by atoms with Crippen molar-refractivity contribution in [2.75, 3.05) is 18.2 Å². The Morgan fingerprint density at radius 2 is 1.79 bits per heavy atom. The second kappa shape index (κ2) is 6.77. The van der Waals surface area contributed by atoms with Crippen molar-refractivity contribution in [1.82, 2.24) is 14.6 Å². The van der Waals surface area contributed by atoms with Crippen molar-refractivity contribution < 1.29 is 9.84 Å². The molecule has 7 heteroatoms. The maximum absolute atomic E-state index is 10.0. The number of fused-ring (bicyclic) bond motifs is 1. The Morgan fingerprint density at radius 1 is 1.04 bits per heavy atom. The van der Waals surface area contributed by atoms with Gasteiger partial charge in [0.2, 0.25) is 5.95 Å². The van der Waals surface area contributed by atoms with Gasteiger partial charge in [-0.05, 0) is 73.0 Å². The summed E-state index contributed by atoms with van der Waals surface area (Å²) in [4.78, 5) is 4.50. The molecular formula is C21H21N5O2. The molecule has 2 heterocycles. The molecule has 2 aromatic carbocycles. The number of rotatable bonds is 4. The van der Waals surface area contributed by atoms with Crippen LogP contribution in [0.25, 0.3) is 16.8 Å². The number of aryl methyl sites for hydroxylation is 2. The van der Waals surface area contributed by atoms with Crippen LogP contribution in [0.2, 0.25) is 0 Å². The molecule has 0 atom stereocenters. The molecule has 7 nitrogen and oxygen atoms in total. The van der Waals surface area contributed by atoms with E-state index < -0.39 is 0 Å².